The first-order valence-corrected chi connectivity index (χ1v) is 7.45. The fourth-order valence-corrected chi connectivity index (χ4v) is 3.94. The fraction of sp³-hybridized carbons (Fsp3) is 0. The summed E-state index contributed by atoms with van der Waals surface area (Å²) in [5.74, 6) is 0. The summed E-state index contributed by atoms with van der Waals surface area (Å²) in [5, 5.41) is 5.85. The highest BCUT2D eigenvalue weighted by Gasteiger charge is 2.11. The number of pyridine rings is 1. The molecule has 0 amide bonds. The van der Waals surface area contributed by atoms with Gasteiger partial charge in [-0.3, -0.25) is 0 Å². The number of hydrogen-bond acceptors (Lipinski definition) is 5. The summed E-state index contributed by atoms with van der Waals surface area (Å²) in [5.41, 5.74) is 0. The molecule has 7 heteroatoms. The highest BCUT2D eigenvalue weighted by molar-refractivity contribution is 8.01. The molecule has 0 fully saturated rings. The summed E-state index contributed by atoms with van der Waals surface area (Å²) in [6.07, 6.45) is 1.69. The summed E-state index contributed by atoms with van der Waals surface area (Å²) in [4.78, 5) is 4.13. The van der Waals surface area contributed by atoms with Gasteiger partial charge in [-0.1, -0.05) is 17.8 Å². The third-order valence-corrected chi connectivity index (χ3v) is 5.29. The standard InChI is InChI=1S/C9H8N2O2S3/c10-16(12,13)9-5-4-8(15-9)14-7-3-1-2-6-11-7/h1-6H,(H2,10,12,13). The molecule has 2 aromatic heterocycles. The number of aromatic nitrogens is 1. The zero-order chi connectivity index (χ0) is 11.6. The van der Waals surface area contributed by atoms with Crippen LogP contribution in [-0.2, 0) is 10.0 Å². The maximum atomic E-state index is 11.1. The van der Waals surface area contributed by atoms with Gasteiger partial charge in [-0.2, -0.15) is 0 Å². The van der Waals surface area contributed by atoms with Gasteiger partial charge in [-0.15, -0.1) is 11.3 Å². The molecule has 4 nitrogen and oxygen atoms in total. The van der Waals surface area contributed by atoms with E-state index in [1.807, 2.05) is 18.2 Å². The minimum Gasteiger partial charge on any atom is -0.250 e. The van der Waals surface area contributed by atoms with Gasteiger partial charge < -0.3 is 0 Å². The summed E-state index contributed by atoms with van der Waals surface area (Å²) in [6, 6.07) is 8.80. The molecular formula is C9H8N2O2S3. The van der Waals surface area contributed by atoms with Crippen LogP contribution in [0.25, 0.3) is 0 Å². The normalized spacial score (nSPS) is 11.6. The topological polar surface area (TPSA) is 73.1 Å². The maximum absolute atomic E-state index is 11.1. The van der Waals surface area contributed by atoms with Crippen LogP contribution < -0.4 is 5.14 Å². The van der Waals surface area contributed by atoms with Crippen LogP contribution in [0.3, 0.4) is 0 Å². The van der Waals surface area contributed by atoms with E-state index in [9.17, 15) is 8.42 Å². The lowest BCUT2D eigenvalue weighted by Crippen LogP contribution is -2.09. The molecule has 0 aromatic carbocycles. The van der Waals surface area contributed by atoms with E-state index in [-0.39, 0.29) is 4.21 Å². The van der Waals surface area contributed by atoms with Crippen LogP contribution in [0.2, 0.25) is 0 Å². The molecule has 0 saturated carbocycles. The summed E-state index contributed by atoms with van der Waals surface area (Å²) in [6.45, 7) is 0. The molecule has 0 atom stereocenters. The van der Waals surface area contributed by atoms with Gasteiger partial charge >= 0.3 is 0 Å². The smallest absolute Gasteiger partial charge is 0.247 e. The number of thiophene rings is 1. The predicted octanol–water partition coefficient (Wildman–Crippen LogP) is 1.94. The second-order valence-electron chi connectivity index (χ2n) is 2.89. The Bertz CT molecular complexity index is 578. The van der Waals surface area contributed by atoms with E-state index in [1.54, 1.807) is 12.3 Å². The lowest BCUT2D eigenvalue weighted by atomic mass is 10.5. The third-order valence-electron chi connectivity index (χ3n) is 1.68. The number of primary sulfonamides is 1. The van der Waals surface area contributed by atoms with Gasteiger partial charge in [-0.25, -0.2) is 18.5 Å². The van der Waals surface area contributed by atoms with Crippen LogP contribution in [0, 0.1) is 0 Å². The molecule has 2 N–H and O–H groups in total. The van der Waals surface area contributed by atoms with Crippen molar-refractivity contribution in [3.63, 3.8) is 0 Å². The first kappa shape index (κ1) is 11.6. The van der Waals surface area contributed by atoms with Gasteiger partial charge in [0, 0.05) is 6.20 Å². The molecule has 0 bridgehead atoms. The zero-order valence-electron chi connectivity index (χ0n) is 8.03. The largest absolute Gasteiger partial charge is 0.250 e. The molecule has 2 aromatic rings. The van der Waals surface area contributed by atoms with Crippen molar-refractivity contribution in [2.24, 2.45) is 5.14 Å². The lowest BCUT2D eigenvalue weighted by Gasteiger charge is -1.95. The van der Waals surface area contributed by atoms with E-state index in [2.05, 4.69) is 4.98 Å². The van der Waals surface area contributed by atoms with Gasteiger partial charge in [-0.05, 0) is 24.3 Å². The molecule has 0 aliphatic carbocycles. The minimum absolute atomic E-state index is 0.172. The van der Waals surface area contributed by atoms with E-state index in [4.69, 9.17) is 5.14 Å². The molecule has 0 aliphatic rings. The average molecular weight is 272 g/mol. The monoisotopic (exact) mass is 272 g/mol. The molecule has 2 rings (SSSR count). The Morgan fingerprint density at radius 2 is 2.06 bits per heavy atom. The van der Waals surface area contributed by atoms with Crippen molar-refractivity contribution in [1.82, 2.24) is 4.98 Å². The van der Waals surface area contributed by atoms with Crippen LogP contribution in [0.1, 0.15) is 0 Å². The van der Waals surface area contributed by atoms with Crippen LogP contribution in [0.5, 0.6) is 0 Å². The quantitative estimate of drug-likeness (QED) is 0.926. The van der Waals surface area contributed by atoms with E-state index < -0.39 is 10.0 Å². The predicted molar refractivity (Wildman–Crippen MR) is 64.1 cm³/mol. The van der Waals surface area contributed by atoms with Gasteiger partial charge in [0.2, 0.25) is 10.0 Å². The van der Waals surface area contributed by atoms with E-state index >= 15 is 0 Å². The Morgan fingerprint density at radius 3 is 2.62 bits per heavy atom. The third kappa shape index (κ3) is 2.82. The van der Waals surface area contributed by atoms with Crippen molar-refractivity contribution in [3.05, 3.63) is 36.5 Å². The fourth-order valence-electron chi connectivity index (χ4n) is 1.02. The Kier molecular flexibility index (Phi) is 3.29. The SMILES string of the molecule is NS(=O)(=O)c1ccc(Sc2ccccn2)s1. The lowest BCUT2D eigenvalue weighted by molar-refractivity contribution is 0.600. The van der Waals surface area contributed by atoms with Crippen molar-refractivity contribution in [2.75, 3.05) is 0 Å². The summed E-state index contributed by atoms with van der Waals surface area (Å²) >= 11 is 2.56. The molecule has 16 heavy (non-hydrogen) atoms. The molecule has 0 spiro atoms. The summed E-state index contributed by atoms with van der Waals surface area (Å²) < 4.78 is 23.1. The highest BCUT2D eigenvalue weighted by atomic mass is 32.3. The second-order valence-corrected chi connectivity index (χ2v) is 7.08. The van der Waals surface area contributed by atoms with Crippen molar-refractivity contribution < 1.29 is 8.42 Å². The van der Waals surface area contributed by atoms with Crippen LogP contribution >= 0.6 is 23.1 Å². The summed E-state index contributed by atoms with van der Waals surface area (Å²) in [7, 11) is -3.59. The molecular weight excluding hydrogens is 264 g/mol. The maximum Gasteiger partial charge on any atom is 0.247 e. The molecule has 0 unspecified atom stereocenters. The first-order valence-electron chi connectivity index (χ1n) is 4.27. The van der Waals surface area contributed by atoms with Crippen LogP contribution in [-0.4, -0.2) is 13.4 Å². The van der Waals surface area contributed by atoms with Gasteiger partial charge in [0.25, 0.3) is 0 Å². The van der Waals surface area contributed by atoms with Gasteiger partial charge in [0.05, 0.1) is 4.21 Å². The Hall–Kier alpha value is -0.890. The molecule has 84 valence electrons. The number of nitrogens with zero attached hydrogens (tertiary/aromatic N) is 1. The number of nitrogens with two attached hydrogens (primary N) is 1. The van der Waals surface area contributed by atoms with Gasteiger partial charge in [0.1, 0.15) is 9.24 Å². The minimum atomic E-state index is -3.59. The van der Waals surface area contributed by atoms with E-state index in [1.165, 1.54) is 17.8 Å². The van der Waals surface area contributed by atoms with Crippen molar-refractivity contribution in [3.8, 4) is 0 Å². The van der Waals surface area contributed by atoms with Gasteiger partial charge in [0.15, 0.2) is 0 Å². The average Bonchev–Trinajstić information content (AvgIpc) is 2.67. The van der Waals surface area contributed by atoms with E-state index in [0.717, 1.165) is 20.6 Å². The van der Waals surface area contributed by atoms with Crippen molar-refractivity contribution in [1.29, 1.82) is 0 Å². The van der Waals surface area contributed by atoms with Crippen LogP contribution in [0.4, 0.5) is 0 Å². The van der Waals surface area contributed by atoms with E-state index in [0.29, 0.717) is 0 Å². The molecule has 0 saturated heterocycles. The van der Waals surface area contributed by atoms with Crippen molar-refractivity contribution >= 4 is 33.1 Å². The second kappa shape index (κ2) is 4.54. The molecule has 2 heterocycles. The zero-order valence-corrected chi connectivity index (χ0v) is 10.5. The van der Waals surface area contributed by atoms with Crippen LogP contribution in [0.15, 0.2) is 50.0 Å². The Morgan fingerprint density at radius 1 is 1.25 bits per heavy atom. The van der Waals surface area contributed by atoms with Crippen molar-refractivity contribution in [2.45, 2.75) is 13.4 Å². The number of hydrogen-bond donors (Lipinski definition) is 1. The Labute approximate surface area is 102 Å². The molecule has 0 aliphatic heterocycles. The first-order chi connectivity index (χ1) is 7.55. The number of rotatable bonds is 3. The number of sulfonamides is 1. The molecule has 0 radical (unpaired) electrons. The Balaban J connectivity index is 2.22. The highest BCUT2D eigenvalue weighted by Crippen LogP contribution is 2.33.